The highest BCUT2D eigenvalue weighted by Gasteiger charge is 2.26. The number of alkyl halides is 1. The third-order valence-corrected chi connectivity index (χ3v) is 7.15. The van der Waals surface area contributed by atoms with Crippen molar-refractivity contribution in [1.29, 1.82) is 0 Å². The lowest BCUT2D eigenvalue weighted by Crippen LogP contribution is -2.47. The SMILES string of the molecule is FCCCN1CC(Cc2ccc(C3=C(c4cccc(F)c4F)CCCc4ccccc43)cc2)C1. The van der Waals surface area contributed by atoms with Gasteiger partial charge in [0, 0.05) is 25.2 Å². The van der Waals surface area contributed by atoms with Gasteiger partial charge in [0.25, 0.3) is 0 Å². The molecular formula is C30H30F3N. The summed E-state index contributed by atoms with van der Waals surface area (Å²) in [7, 11) is 0. The molecule has 0 radical (unpaired) electrons. The summed E-state index contributed by atoms with van der Waals surface area (Å²) in [6, 6.07) is 21.4. The first-order valence-corrected chi connectivity index (χ1v) is 12.3. The lowest BCUT2D eigenvalue weighted by molar-refractivity contribution is 0.0968. The van der Waals surface area contributed by atoms with Crippen molar-refractivity contribution in [3.63, 3.8) is 0 Å². The molecule has 4 heteroatoms. The van der Waals surface area contributed by atoms with Crippen molar-refractivity contribution in [3.8, 4) is 0 Å². The zero-order valence-corrected chi connectivity index (χ0v) is 19.4. The van der Waals surface area contributed by atoms with Crippen molar-refractivity contribution in [1.82, 2.24) is 4.90 Å². The Morgan fingerprint density at radius 1 is 0.824 bits per heavy atom. The number of allylic oxidation sites excluding steroid dienone is 1. The Morgan fingerprint density at radius 3 is 2.38 bits per heavy atom. The fraction of sp³-hybridized carbons (Fsp3) is 0.333. The second kappa shape index (κ2) is 10.2. The van der Waals surface area contributed by atoms with Crippen LogP contribution in [0.5, 0.6) is 0 Å². The number of hydrogen-bond acceptors (Lipinski definition) is 1. The Bertz CT molecular complexity index is 1180. The van der Waals surface area contributed by atoms with Crippen molar-refractivity contribution in [3.05, 3.63) is 106 Å². The third kappa shape index (κ3) is 4.69. The molecule has 0 aromatic heterocycles. The molecule has 176 valence electrons. The van der Waals surface area contributed by atoms with E-state index >= 15 is 0 Å². The summed E-state index contributed by atoms with van der Waals surface area (Å²) in [5.74, 6) is -0.966. The molecule has 2 aliphatic rings. The molecule has 0 unspecified atom stereocenters. The van der Waals surface area contributed by atoms with Gasteiger partial charge in [-0.1, -0.05) is 60.7 Å². The van der Waals surface area contributed by atoms with Crippen LogP contribution in [0.15, 0.2) is 66.7 Å². The van der Waals surface area contributed by atoms with E-state index in [9.17, 15) is 13.2 Å². The lowest BCUT2D eigenvalue weighted by atomic mass is 9.86. The highest BCUT2D eigenvalue weighted by atomic mass is 19.2. The van der Waals surface area contributed by atoms with E-state index in [1.165, 1.54) is 17.2 Å². The van der Waals surface area contributed by atoms with Gasteiger partial charge in [0.1, 0.15) is 0 Å². The normalized spacial score (nSPS) is 16.8. The maximum atomic E-state index is 14.9. The maximum Gasteiger partial charge on any atom is 0.166 e. The minimum atomic E-state index is -0.807. The van der Waals surface area contributed by atoms with Gasteiger partial charge in [-0.25, -0.2) is 8.78 Å². The number of fused-ring (bicyclic) bond motifs is 1. The molecule has 1 heterocycles. The van der Waals surface area contributed by atoms with E-state index in [0.717, 1.165) is 61.2 Å². The van der Waals surface area contributed by atoms with Gasteiger partial charge in [-0.05, 0) is 77.5 Å². The van der Waals surface area contributed by atoms with Crippen molar-refractivity contribution in [2.45, 2.75) is 32.1 Å². The molecule has 5 rings (SSSR count). The van der Waals surface area contributed by atoms with Crippen LogP contribution in [-0.2, 0) is 12.8 Å². The van der Waals surface area contributed by atoms with Crippen LogP contribution in [0.25, 0.3) is 11.1 Å². The van der Waals surface area contributed by atoms with Crippen LogP contribution in [0.2, 0.25) is 0 Å². The molecule has 0 atom stereocenters. The van der Waals surface area contributed by atoms with E-state index in [0.29, 0.717) is 24.3 Å². The standard InChI is InChI=1S/C30H30F3N/c31-16-5-17-34-19-22(20-34)18-21-12-14-24(15-13-21)29-25-8-2-1-6-23(25)7-3-9-26(29)27-10-4-11-28(32)30(27)33/h1-2,4,6,8,10-15,22H,3,5,7,9,16-20H2. The second-order valence-corrected chi connectivity index (χ2v) is 9.53. The first-order chi connectivity index (χ1) is 16.6. The molecule has 0 spiro atoms. The van der Waals surface area contributed by atoms with Crippen molar-refractivity contribution < 1.29 is 13.2 Å². The highest BCUT2D eigenvalue weighted by Crippen LogP contribution is 2.40. The molecule has 1 nitrogen and oxygen atoms in total. The van der Waals surface area contributed by atoms with E-state index in [4.69, 9.17) is 0 Å². The lowest BCUT2D eigenvalue weighted by Gasteiger charge is -2.39. The summed E-state index contributed by atoms with van der Waals surface area (Å²) in [4.78, 5) is 2.31. The molecule has 34 heavy (non-hydrogen) atoms. The zero-order chi connectivity index (χ0) is 23.5. The maximum absolute atomic E-state index is 14.9. The summed E-state index contributed by atoms with van der Waals surface area (Å²) in [5, 5.41) is 0. The number of halogens is 3. The van der Waals surface area contributed by atoms with E-state index < -0.39 is 11.6 Å². The Labute approximate surface area is 199 Å². The van der Waals surface area contributed by atoms with Gasteiger partial charge in [-0.3, -0.25) is 4.39 Å². The van der Waals surface area contributed by atoms with E-state index in [1.54, 1.807) is 12.1 Å². The topological polar surface area (TPSA) is 3.24 Å². The number of aryl methyl sites for hydroxylation is 1. The molecule has 0 saturated carbocycles. The molecule has 0 N–H and O–H groups in total. The Balaban J connectivity index is 1.47. The van der Waals surface area contributed by atoms with E-state index in [2.05, 4.69) is 41.3 Å². The van der Waals surface area contributed by atoms with E-state index in [1.807, 2.05) is 12.1 Å². The van der Waals surface area contributed by atoms with Crippen LogP contribution in [0, 0.1) is 17.6 Å². The van der Waals surface area contributed by atoms with Gasteiger partial charge in [0.2, 0.25) is 0 Å². The number of nitrogens with zero attached hydrogens (tertiary/aromatic N) is 1. The van der Waals surface area contributed by atoms with Gasteiger partial charge >= 0.3 is 0 Å². The summed E-state index contributed by atoms with van der Waals surface area (Å²) in [5.41, 5.74) is 6.90. The minimum Gasteiger partial charge on any atom is -0.303 e. The fourth-order valence-electron chi connectivity index (χ4n) is 5.47. The van der Waals surface area contributed by atoms with Crippen molar-refractivity contribution >= 4 is 11.1 Å². The first kappa shape index (κ1) is 22.9. The van der Waals surface area contributed by atoms with Crippen LogP contribution in [0.3, 0.4) is 0 Å². The molecule has 1 saturated heterocycles. The van der Waals surface area contributed by atoms with Crippen LogP contribution in [0.1, 0.15) is 47.1 Å². The minimum absolute atomic E-state index is 0.247. The number of benzene rings is 3. The monoisotopic (exact) mass is 461 g/mol. The largest absolute Gasteiger partial charge is 0.303 e. The second-order valence-electron chi connectivity index (χ2n) is 9.53. The van der Waals surface area contributed by atoms with Crippen molar-refractivity contribution in [2.75, 3.05) is 26.3 Å². The van der Waals surface area contributed by atoms with Gasteiger partial charge in [-0.2, -0.15) is 0 Å². The number of hydrogen-bond donors (Lipinski definition) is 0. The van der Waals surface area contributed by atoms with Gasteiger partial charge < -0.3 is 4.90 Å². The summed E-state index contributed by atoms with van der Waals surface area (Å²) < 4.78 is 41.4. The van der Waals surface area contributed by atoms with Gasteiger partial charge in [0.15, 0.2) is 11.6 Å². The van der Waals surface area contributed by atoms with Crippen LogP contribution < -0.4 is 0 Å². The van der Waals surface area contributed by atoms with Crippen molar-refractivity contribution in [2.24, 2.45) is 5.92 Å². The van der Waals surface area contributed by atoms with E-state index in [-0.39, 0.29) is 6.67 Å². The summed E-state index contributed by atoms with van der Waals surface area (Å²) >= 11 is 0. The Kier molecular flexibility index (Phi) is 6.87. The average Bonchev–Trinajstić information content (AvgIpc) is 3.02. The smallest absolute Gasteiger partial charge is 0.166 e. The van der Waals surface area contributed by atoms with Crippen LogP contribution in [-0.4, -0.2) is 31.2 Å². The number of likely N-dealkylation sites (tertiary alicyclic amines) is 1. The quantitative estimate of drug-likeness (QED) is 0.363. The summed E-state index contributed by atoms with van der Waals surface area (Å²) in [6.07, 6.45) is 4.13. The first-order valence-electron chi connectivity index (χ1n) is 12.3. The molecule has 0 amide bonds. The predicted molar refractivity (Wildman–Crippen MR) is 132 cm³/mol. The molecule has 0 bridgehead atoms. The Hall–Kier alpha value is -2.85. The molecular weight excluding hydrogens is 431 g/mol. The molecule has 3 aromatic carbocycles. The van der Waals surface area contributed by atoms with Crippen LogP contribution >= 0.6 is 0 Å². The van der Waals surface area contributed by atoms with Gasteiger partial charge in [0.05, 0.1) is 6.67 Å². The highest BCUT2D eigenvalue weighted by molar-refractivity contribution is 6.00. The zero-order valence-electron chi connectivity index (χ0n) is 19.4. The molecule has 3 aromatic rings. The molecule has 1 aliphatic carbocycles. The Morgan fingerprint density at radius 2 is 1.59 bits per heavy atom. The van der Waals surface area contributed by atoms with Gasteiger partial charge in [-0.15, -0.1) is 0 Å². The predicted octanol–water partition coefficient (Wildman–Crippen LogP) is 7.09. The number of rotatable bonds is 7. The molecule has 1 aliphatic heterocycles. The fourth-order valence-corrected chi connectivity index (χ4v) is 5.47. The third-order valence-electron chi connectivity index (χ3n) is 7.15. The van der Waals surface area contributed by atoms with Crippen LogP contribution in [0.4, 0.5) is 13.2 Å². The average molecular weight is 462 g/mol. The summed E-state index contributed by atoms with van der Waals surface area (Å²) in [6.45, 7) is 2.66. The molecule has 1 fully saturated rings.